The van der Waals surface area contributed by atoms with Crippen LogP contribution in [0.5, 0.6) is 5.88 Å². The van der Waals surface area contributed by atoms with Crippen LogP contribution in [0.3, 0.4) is 0 Å². The maximum absolute atomic E-state index is 15.4. The van der Waals surface area contributed by atoms with Crippen molar-refractivity contribution in [3.63, 3.8) is 0 Å². The van der Waals surface area contributed by atoms with Gasteiger partial charge in [0.15, 0.2) is 0 Å². The summed E-state index contributed by atoms with van der Waals surface area (Å²) in [7, 11) is 3.33. The van der Waals surface area contributed by atoms with Crippen molar-refractivity contribution in [3.05, 3.63) is 41.4 Å². The van der Waals surface area contributed by atoms with E-state index in [0.717, 1.165) is 28.9 Å². The number of aromatic nitrogens is 4. The summed E-state index contributed by atoms with van der Waals surface area (Å²) >= 11 is 1.03. The minimum atomic E-state index is -4.55. The van der Waals surface area contributed by atoms with Gasteiger partial charge in [0.2, 0.25) is 11.7 Å². The van der Waals surface area contributed by atoms with Gasteiger partial charge in [-0.25, -0.2) is 4.39 Å². The van der Waals surface area contributed by atoms with Gasteiger partial charge in [-0.3, -0.25) is 14.4 Å². The molecule has 2 saturated heterocycles. The molecule has 2 fully saturated rings. The Balaban J connectivity index is 1.26. The molecule has 17 heteroatoms. The normalized spacial score (nSPS) is 22.2. The van der Waals surface area contributed by atoms with Crippen molar-refractivity contribution in [2.75, 3.05) is 12.4 Å². The van der Waals surface area contributed by atoms with Gasteiger partial charge < -0.3 is 19.9 Å². The topological polar surface area (TPSA) is 110 Å². The zero-order chi connectivity index (χ0) is 31.3. The van der Waals surface area contributed by atoms with Gasteiger partial charge in [0.1, 0.15) is 11.7 Å². The van der Waals surface area contributed by atoms with Crippen LogP contribution in [0.15, 0.2) is 28.9 Å². The quantitative estimate of drug-likeness (QED) is 0.237. The first-order valence-corrected chi connectivity index (χ1v) is 14.5. The van der Waals surface area contributed by atoms with E-state index in [0.29, 0.717) is 22.2 Å². The molecule has 6 rings (SSSR count). The highest BCUT2D eigenvalue weighted by molar-refractivity contribution is 7.23. The molecule has 0 aliphatic carbocycles. The smallest absolute Gasteiger partial charge is 0.393 e. The Hall–Kier alpha value is -3.86. The predicted octanol–water partition coefficient (Wildman–Crippen LogP) is 5.31. The number of halogens is 6. The first-order chi connectivity index (χ1) is 20.9. The molecule has 0 spiro atoms. The van der Waals surface area contributed by atoms with E-state index in [9.17, 15) is 26.7 Å². The van der Waals surface area contributed by atoms with E-state index in [1.807, 2.05) is 7.05 Å². The maximum atomic E-state index is 15.4. The Bertz CT molecular complexity index is 1670. The number of piperidine rings is 1. The van der Waals surface area contributed by atoms with Crippen LogP contribution in [0, 0.1) is 0 Å². The standard InChI is InChI=1S/C27H27F6N7O3S/c1-39-11-15(25(37-39)42-26(29)30)24(41)34-10-19-36-23(38-43-19)22-14(9-27(31,32)33)13-4-3-5-16(21(13)44-22)35-17-8-12-6-7-18(20(17)28)40(12)2/h3-5,11-12,17-18,20,26,35H,6-10H2,1-2H3,(H,34,41)/t12-,17-,18+,20-/m1/s1. The number of hydrogen-bond donors (Lipinski definition) is 2. The molecule has 2 bridgehead atoms. The summed E-state index contributed by atoms with van der Waals surface area (Å²) in [6.45, 7) is -3.55. The van der Waals surface area contributed by atoms with E-state index in [-0.39, 0.29) is 46.3 Å². The van der Waals surface area contributed by atoms with Crippen molar-refractivity contribution in [2.24, 2.45) is 7.05 Å². The summed E-state index contributed by atoms with van der Waals surface area (Å²) < 4.78 is 93.1. The lowest BCUT2D eigenvalue weighted by Crippen LogP contribution is -2.53. The number of hydrogen-bond acceptors (Lipinski definition) is 9. The average molecular weight is 644 g/mol. The number of nitrogens with zero attached hydrogens (tertiary/aromatic N) is 5. The van der Waals surface area contributed by atoms with E-state index < -0.39 is 43.2 Å². The predicted molar refractivity (Wildman–Crippen MR) is 147 cm³/mol. The molecular formula is C27H27F6N7O3S. The van der Waals surface area contributed by atoms with Crippen LogP contribution in [0.4, 0.5) is 32.0 Å². The molecule has 10 nitrogen and oxygen atoms in total. The highest BCUT2D eigenvalue weighted by Crippen LogP contribution is 2.45. The molecule has 236 valence electrons. The summed E-state index contributed by atoms with van der Waals surface area (Å²) in [6.07, 6.45) is -3.53. The van der Waals surface area contributed by atoms with Crippen molar-refractivity contribution >= 4 is 33.0 Å². The second-order valence-corrected chi connectivity index (χ2v) is 11.9. The van der Waals surface area contributed by atoms with Gasteiger partial charge in [-0.1, -0.05) is 17.3 Å². The van der Waals surface area contributed by atoms with Crippen LogP contribution in [-0.2, 0) is 20.0 Å². The van der Waals surface area contributed by atoms with Gasteiger partial charge in [0.25, 0.3) is 11.8 Å². The largest absolute Gasteiger partial charge is 0.414 e. The second kappa shape index (κ2) is 11.6. The average Bonchev–Trinajstić information content (AvgIpc) is 3.70. The fraction of sp³-hybridized carbons (Fsp3) is 0.481. The van der Waals surface area contributed by atoms with Crippen molar-refractivity contribution < 1.29 is 40.4 Å². The Kier molecular flexibility index (Phi) is 7.94. The third-order valence-corrected chi connectivity index (χ3v) is 9.30. The number of thiophene rings is 1. The minimum Gasteiger partial charge on any atom is -0.414 e. The number of fused-ring (bicyclic) bond motifs is 3. The molecule has 0 unspecified atom stereocenters. The van der Waals surface area contributed by atoms with Crippen LogP contribution in [-0.4, -0.2) is 74.9 Å². The zero-order valence-corrected chi connectivity index (χ0v) is 24.2. The van der Waals surface area contributed by atoms with Gasteiger partial charge in [-0.2, -0.15) is 26.9 Å². The van der Waals surface area contributed by atoms with Crippen LogP contribution in [0.2, 0.25) is 0 Å². The Morgan fingerprint density at radius 3 is 2.80 bits per heavy atom. The lowest BCUT2D eigenvalue weighted by Gasteiger charge is -2.39. The van der Waals surface area contributed by atoms with Crippen LogP contribution >= 0.6 is 11.3 Å². The minimum absolute atomic E-state index is 0.0538. The van der Waals surface area contributed by atoms with E-state index in [2.05, 4.69) is 35.5 Å². The molecule has 4 aromatic rings. The summed E-state index contributed by atoms with van der Waals surface area (Å²) in [4.78, 5) is 19.0. The van der Waals surface area contributed by atoms with Gasteiger partial charge in [-0.15, -0.1) is 16.4 Å². The number of benzene rings is 1. The number of nitrogens with one attached hydrogen (secondary N) is 2. The number of amides is 1. The number of aryl methyl sites for hydroxylation is 1. The van der Waals surface area contributed by atoms with Crippen LogP contribution < -0.4 is 15.4 Å². The van der Waals surface area contributed by atoms with Gasteiger partial charge in [-0.05, 0) is 43.3 Å². The molecule has 0 radical (unpaired) electrons. The number of alkyl halides is 6. The number of carbonyl (C=O) groups is 1. The Morgan fingerprint density at radius 2 is 2.05 bits per heavy atom. The number of anilines is 1. The summed E-state index contributed by atoms with van der Waals surface area (Å²) in [5, 5.41) is 13.6. The Labute approximate surface area is 250 Å². The SMILES string of the molecule is CN1[C@@H]2CC[C@H]1[C@H](F)[C@H](Nc1cccc3c(CC(F)(F)F)c(-c4noc(CNC(=O)c5cn(C)nc5OC(F)F)n4)sc13)C2. The van der Waals surface area contributed by atoms with Gasteiger partial charge in [0.05, 0.1) is 34.3 Å². The number of rotatable bonds is 9. The van der Waals surface area contributed by atoms with Crippen molar-refractivity contribution in [3.8, 4) is 16.6 Å². The molecule has 4 atom stereocenters. The van der Waals surface area contributed by atoms with E-state index in [4.69, 9.17) is 4.52 Å². The zero-order valence-electron chi connectivity index (χ0n) is 23.4. The third-order valence-electron chi connectivity index (χ3n) is 8.02. The van der Waals surface area contributed by atoms with Crippen molar-refractivity contribution in [1.82, 2.24) is 30.1 Å². The summed E-state index contributed by atoms with van der Waals surface area (Å²) in [5.41, 5.74) is 0.202. The lowest BCUT2D eigenvalue weighted by atomic mass is 9.95. The lowest BCUT2D eigenvalue weighted by molar-refractivity contribution is -0.126. The molecular weight excluding hydrogens is 616 g/mol. The second-order valence-electron chi connectivity index (χ2n) is 10.9. The van der Waals surface area contributed by atoms with Gasteiger partial charge >= 0.3 is 12.8 Å². The van der Waals surface area contributed by atoms with Gasteiger partial charge in [0, 0.05) is 25.3 Å². The maximum Gasteiger partial charge on any atom is 0.393 e. The first kappa shape index (κ1) is 30.2. The van der Waals surface area contributed by atoms with Crippen molar-refractivity contribution in [1.29, 1.82) is 0 Å². The molecule has 5 heterocycles. The van der Waals surface area contributed by atoms with Crippen LogP contribution in [0.1, 0.15) is 41.1 Å². The highest BCUT2D eigenvalue weighted by atomic mass is 32.1. The molecule has 2 aliphatic heterocycles. The summed E-state index contributed by atoms with van der Waals surface area (Å²) in [5.74, 6) is -1.66. The first-order valence-electron chi connectivity index (χ1n) is 13.7. The number of ether oxygens (including phenoxy) is 1. The third kappa shape index (κ3) is 5.94. The molecule has 44 heavy (non-hydrogen) atoms. The monoisotopic (exact) mass is 643 g/mol. The van der Waals surface area contributed by atoms with Crippen LogP contribution in [0.25, 0.3) is 20.8 Å². The van der Waals surface area contributed by atoms with Crippen molar-refractivity contribution in [2.45, 2.75) is 69.3 Å². The fourth-order valence-corrected chi connectivity index (χ4v) is 7.27. The van der Waals surface area contributed by atoms with E-state index in [1.54, 1.807) is 18.2 Å². The molecule has 2 aliphatic rings. The number of carbonyl (C=O) groups excluding carboxylic acids is 1. The fourth-order valence-electron chi connectivity index (χ4n) is 6.04. The Morgan fingerprint density at radius 1 is 1.25 bits per heavy atom. The molecule has 1 aromatic carbocycles. The molecule has 1 amide bonds. The highest BCUT2D eigenvalue weighted by Gasteiger charge is 2.46. The molecule has 2 N–H and O–H groups in total. The van der Waals surface area contributed by atoms with E-state index in [1.165, 1.54) is 13.2 Å². The summed E-state index contributed by atoms with van der Waals surface area (Å²) in [6, 6.07) is 4.46. The molecule has 0 saturated carbocycles. The van der Waals surface area contributed by atoms with E-state index >= 15 is 4.39 Å². The molecule has 3 aromatic heterocycles.